The topological polar surface area (TPSA) is 87.7 Å². The number of aliphatic carboxylic acids is 1. The van der Waals surface area contributed by atoms with Gasteiger partial charge in [0.2, 0.25) is 0 Å². The molecule has 1 saturated carbocycles. The highest BCUT2D eigenvalue weighted by atomic mass is 16.7. The molecule has 0 aromatic rings. The molecule has 1 fully saturated rings. The van der Waals surface area contributed by atoms with Crippen LogP contribution in [0.25, 0.3) is 0 Å². The first-order valence-corrected chi connectivity index (χ1v) is 3.58. The Kier molecular flexibility index (Phi) is 2.87. The Morgan fingerprint density at radius 1 is 1.50 bits per heavy atom. The maximum absolute atomic E-state index is 10.7. The lowest BCUT2D eigenvalue weighted by atomic mass is 10.7. The Labute approximate surface area is 68.8 Å². The summed E-state index contributed by atoms with van der Waals surface area (Å²) in [6, 6.07) is -0.253. The first-order valence-electron chi connectivity index (χ1n) is 3.58. The van der Waals surface area contributed by atoms with Gasteiger partial charge >= 0.3 is 12.0 Å². The third-order valence-electron chi connectivity index (χ3n) is 1.27. The van der Waals surface area contributed by atoms with E-state index < -0.39 is 18.6 Å². The summed E-state index contributed by atoms with van der Waals surface area (Å²) in [6.07, 6.45) is 1.96. The van der Waals surface area contributed by atoms with Gasteiger partial charge in [0.15, 0.2) is 6.61 Å². The summed E-state index contributed by atoms with van der Waals surface area (Å²) in [4.78, 5) is 25.0. The quantitative estimate of drug-likeness (QED) is 0.499. The maximum Gasteiger partial charge on any atom is 0.338 e. The molecule has 0 radical (unpaired) electrons. The molecule has 0 atom stereocenters. The molecular weight excluding hydrogens is 164 g/mol. The van der Waals surface area contributed by atoms with Gasteiger partial charge in [0, 0.05) is 6.04 Å². The van der Waals surface area contributed by atoms with Gasteiger partial charge in [-0.1, -0.05) is 0 Å². The second kappa shape index (κ2) is 3.91. The number of nitrogens with one attached hydrogen (secondary N) is 2. The van der Waals surface area contributed by atoms with E-state index in [0.29, 0.717) is 0 Å². The van der Waals surface area contributed by atoms with Crippen LogP contribution in [0, 0.1) is 0 Å². The fraction of sp³-hybridized carbons (Fsp3) is 0.667. The molecule has 0 aromatic carbocycles. The molecule has 1 rings (SSSR count). The van der Waals surface area contributed by atoms with E-state index >= 15 is 0 Å². The number of carboxylic acid groups (broad SMARTS) is 1. The Balaban J connectivity index is 1.97. The molecule has 0 aliphatic heterocycles. The first-order chi connectivity index (χ1) is 5.68. The van der Waals surface area contributed by atoms with Crippen LogP contribution in [0.5, 0.6) is 0 Å². The summed E-state index contributed by atoms with van der Waals surface area (Å²) in [7, 11) is 0. The van der Waals surface area contributed by atoms with E-state index in [1.54, 1.807) is 0 Å². The van der Waals surface area contributed by atoms with Crippen LogP contribution in [0.4, 0.5) is 4.79 Å². The van der Waals surface area contributed by atoms with Crippen LogP contribution in [0.1, 0.15) is 12.8 Å². The minimum atomic E-state index is -1.12. The molecule has 68 valence electrons. The van der Waals surface area contributed by atoms with Crippen LogP contribution in [0.3, 0.4) is 0 Å². The average Bonchev–Trinajstić information content (AvgIpc) is 2.70. The van der Waals surface area contributed by atoms with Crippen LogP contribution in [-0.4, -0.2) is 29.8 Å². The molecular formula is C6H10N2O4. The van der Waals surface area contributed by atoms with Gasteiger partial charge in [-0.15, -0.1) is 0 Å². The van der Waals surface area contributed by atoms with E-state index in [9.17, 15) is 9.59 Å². The van der Waals surface area contributed by atoms with Gasteiger partial charge < -0.3 is 10.4 Å². The first kappa shape index (κ1) is 8.79. The maximum atomic E-state index is 10.7. The van der Waals surface area contributed by atoms with Crippen molar-refractivity contribution in [3.8, 4) is 0 Å². The highest BCUT2D eigenvalue weighted by Crippen LogP contribution is 2.17. The van der Waals surface area contributed by atoms with E-state index in [4.69, 9.17) is 5.11 Å². The monoisotopic (exact) mass is 174 g/mol. The molecule has 0 saturated heterocycles. The normalized spacial score (nSPS) is 15.3. The van der Waals surface area contributed by atoms with E-state index in [1.165, 1.54) is 0 Å². The number of carbonyl (C=O) groups excluding carboxylic acids is 1. The molecule has 6 heteroatoms. The lowest BCUT2D eigenvalue weighted by molar-refractivity contribution is -0.144. The molecule has 2 amide bonds. The van der Waals surface area contributed by atoms with Gasteiger partial charge in [0.25, 0.3) is 0 Å². The van der Waals surface area contributed by atoms with Crippen LogP contribution in [-0.2, 0) is 9.63 Å². The van der Waals surface area contributed by atoms with Crippen molar-refractivity contribution in [1.29, 1.82) is 0 Å². The van der Waals surface area contributed by atoms with Crippen LogP contribution in [0.2, 0.25) is 0 Å². The molecule has 1 aliphatic rings. The van der Waals surface area contributed by atoms with Crippen LogP contribution < -0.4 is 10.8 Å². The smallest absolute Gasteiger partial charge is 0.338 e. The summed E-state index contributed by atoms with van der Waals surface area (Å²) < 4.78 is 0. The lowest BCUT2D eigenvalue weighted by Crippen LogP contribution is -2.37. The Morgan fingerprint density at radius 3 is 2.67 bits per heavy atom. The zero-order valence-corrected chi connectivity index (χ0v) is 6.37. The molecule has 12 heavy (non-hydrogen) atoms. The average molecular weight is 174 g/mol. The SMILES string of the molecule is O=C(O)CONC(=O)NC1CC1. The lowest BCUT2D eigenvalue weighted by Gasteiger charge is -2.03. The summed E-state index contributed by atoms with van der Waals surface area (Å²) in [5, 5.41) is 10.7. The molecule has 3 N–H and O–H groups in total. The molecule has 0 heterocycles. The summed E-state index contributed by atoms with van der Waals surface area (Å²) in [5.74, 6) is -1.12. The van der Waals surface area contributed by atoms with Crippen molar-refractivity contribution in [2.24, 2.45) is 0 Å². The summed E-state index contributed by atoms with van der Waals surface area (Å²) in [6.45, 7) is -0.530. The van der Waals surface area contributed by atoms with Crippen LogP contribution >= 0.6 is 0 Å². The fourth-order valence-electron chi connectivity index (χ4n) is 0.606. The highest BCUT2D eigenvalue weighted by molar-refractivity contribution is 5.74. The molecule has 0 unspecified atom stereocenters. The van der Waals surface area contributed by atoms with E-state index in [2.05, 4.69) is 10.2 Å². The number of carboxylic acids is 1. The van der Waals surface area contributed by atoms with Gasteiger partial charge in [0.05, 0.1) is 0 Å². The minimum Gasteiger partial charge on any atom is -0.479 e. The van der Waals surface area contributed by atoms with Gasteiger partial charge in [-0.3, -0.25) is 4.84 Å². The Morgan fingerprint density at radius 2 is 2.17 bits per heavy atom. The summed E-state index contributed by atoms with van der Waals surface area (Å²) in [5.41, 5.74) is 1.95. The molecule has 1 aliphatic carbocycles. The van der Waals surface area contributed by atoms with Crippen LogP contribution in [0.15, 0.2) is 0 Å². The number of urea groups is 1. The number of carbonyl (C=O) groups is 2. The number of hydroxylamine groups is 1. The van der Waals surface area contributed by atoms with Crippen molar-refractivity contribution < 1.29 is 19.5 Å². The zero-order valence-electron chi connectivity index (χ0n) is 6.37. The van der Waals surface area contributed by atoms with Gasteiger partial charge in [0.1, 0.15) is 0 Å². The Hall–Kier alpha value is -1.30. The standard InChI is InChI=1S/C6H10N2O4/c9-5(10)3-12-8-6(11)7-4-1-2-4/h4H,1-3H2,(H,9,10)(H2,7,8,11). The number of hydrogen-bond acceptors (Lipinski definition) is 3. The largest absolute Gasteiger partial charge is 0.479 e. The van der Waals surface area contributed by atoms with Crippen molar-refractivity contribution in [2.45, 2.75) is 18.9 Å². The van der Waals surface area contributed by atoms with Crippen molar-refractivity contribution in [3.05, 3.63) is 0 Å². The number of rotatable bonds is 4. The van der Waals surface area contributed by atoms with Crippen molar-refractivity contribution in [2.75, 3.05) is 6.61 Å². The van der Waals surface area contributed by atoms with E-state index in [-0.39, 0.29) is 6.04 Å². The highest BCUT2D eigenvalue weighted by Gasteiger charge is 2.23. The molecule has 0 aromatic heterocycles. The van der Waals surface area contributed by atoms with E-state index in [0.717, 1.165) is 12.8 Å². The number of hydrogen-bond donors (Lipinski definition) is 3. The second-order valence-corrected chi connectivity index (χ2v) is 2.53. The number of amides is 2. The molecule has 0 bridgehead atoms. The van der Waals surface area contributed by atoms with E-state index in [1.807, 2.05) is 5.48 Å². The summed E-state index contributed by atoms with van der Waals surface area (Å²) >= 11 is 0. The predicted molar refractivity (Wildman–Crippen MR) is 38.3 cm³/mol. The molecule has 0 spiro atoms. The third kappa shape index (κ3) is 3.77. The second-order valence-electron chi connectivity index (χ2n) is 2.53. The third-order valence-corrected chi connectivity index (χ3v) is 1.27. The molecule has 6 nitrogen and oxygen atoms in total. The zero-order chi connectivity index (χ0) is 8.97. The van der Waals surface area contributed by atoms with Crippen molar-refractivity contribution in [1.82, 2.24) is 10.8 Å². The predicted octanol–water partition coefficient (Wildman–Crippen LogP) is -0.536. The van der Waals surface area contributed by atoms with Gasteiger partial charge in [-0.2, -0.15) is 0 Å². The Bertz CT molecular complexity index is 190. The van der Waals surface area contributed by atoms with Crippen molar-refractivity contribution in [3.63, 3.8) is 0 Å². The van der Waals surface area contributed by atoms with Gasteiger partial charge in [-0.05, 0) is 12.8 Å². The minimum absolute atomic E-state index is 0.235. The van der Waals surface area contributed by atoms with Crippen molar-refractivity contribution >= 4 is 12.0 Å². The fourth-order valence-corrected chi connectivity index (χ4v) is 0.606. The van der Waals surface area contributed by atoms with Gasteiger partial charge in [-0.25, -0.2) is 15.1 Å².